The van der Waals surface area contributed by atoms with Gasteiger partial charge in [-0.3, -0.25) is 0 Å². The molecule has 0 saturated carbocycles. The van der Waals surface area contributed by atoms with Gasteiger partial charge in [-0.15, -0.1) is 0 Å². The Labute approximate surface area is 75.6 Å². The number of halogens is 1. The second kappa shape index (κ2) is 9.69. The molecule has 0 aliphatic carbocycles. The zero-order valence-corrected chi connectivity index (χ0v) is 9.28. The number of unbranched alkanes of at least 4 members (excludes halogenated alkanes) is 3. The molecular formula is C8H19IN-. The van der Waals surface area contributed by atoms with Crippen LogP contribution in [0.25, 0.3) is 0 Å². The molecule has 1 N–H and O–H groups in total. The predicted molar refractivity (Wildman–Crippen MR) is 42.7 cm³/mol. The third kappa shape index (κ3) is 8.69. The summed E-state index contributed by atoms with van der Waals surface area (Å²) in [4.78, 5) is 0. The SMILES string of the molecule is CCCCCC[I-]NCC. The predicted octanol–water partition coefficient (Wildman–Crippen LogP) is -0.820. The van der Waals surface area contributed by atoms with E-state index in [1.54, 1.807) is 0 Å². The van der Waals surface area contributed by atoms with Crippen LogP contribution in [0.3, 0.4) is 0 Å². The van der Waals surface area contributed by atoms with Crippen molar-refractivity contribution in [3.8, 4) is 0 Å². The van der Waals surface area contributed by atoms with Gasteiger partial charge in [-0.2, -0.15) is 0 Å². The maximum absolute atomic E-state index is 3.44. The average molecular weight is 256 g/mol. The first-order chi connectivity index (χ1) is 4.91. The molecule has 0 radical (unpaired) electrons. The first-order valence-corrected chi connectivity index (χ1v) is 6.83. The third-order valence-corrected chi connectivity index (χ3v) is 3.91. The van der Waals surface area contributed by atoms with Crippen LogP contribution in [0.5, 0.6) is 0 Å². The van der Waals surface area contributed by atoms with Crippen molar-refractivity contribution < 1.29 is 21.5 Å². The summed E-state index contributed by atoms with van der Waals surface area (Å²) in [5.41, 5.74) is 0. The van der Waals surface area contributed by atoms with E-state index in [-0.39, 0.29) is 0 Å². The van der Waals surface area contributed by atoms with Crippen LogP contribution in [0.2, 0.25) is 0 Å². The Morgan fingerprint density at radius 1 is 1.10 bits per heavy atom. The topological polar surface area (TPSA) is 12.0 Å². The molecular weight excluding hydrogens is 237 g/mol. The van der Waals surface area contributed by atoms with Gasteiger partial charge >= 0.3 is 75.5 Å². The third-order valence-electron chi connectivity index (χ3n) is 1.31. The van der Waals surface area contributed by atoms with Crippen LogP contribution in [0.1, 0.15) is 39.5 Å². The van der Waals surface area contributed by atoms with Crippen molar-refractivity contribution in [2.75, 3.05) is 11.0 Å². The summed E-state index contributed by atoms with van der Waals surface area (Å²) < 4.78 is 4.90. The van der Waals surface area contributed by atoms with Crippen LogP contribution in [-0.4, -0.2) is 11.0 Å². The van der Waals surface area contributed by atoms with Gasteiger partial charge in [0.25, 0.3) is 0 Å². The van der Waals surface area contributed by atoms with Crippen LogP contribution < -0.4 is 25.0 Å². The Kier molecular flexibility index (Phi) is 10.4. The van der Waals surface area contributed by atoms with Gasteiger partial charge in [0.1, 0.15) is 0 Å². The summed E-state index contributed by atoms with van der Waals surface area (Å²) in [6.07, 6.45) is 5.69. The summed E-state index contributed by atoms with van der Waals surface area (Å²) in [6.45, 7) is 5.62. The molecule has 64 valence electrons. The maximum atomic E-state index is 3.44. The Hall–Kier alpha value is 0.690. The minimum atomic E-state index is 0.357. The van der Waals surface area contributed by atoms with E-state index >= 15 is 0 Å². The molecule has 0 aromatic carbocycles. The Balaban J connectivity index is 2.65. The number of hydrogen-bond acceptors (Lipinski definition) is 1. The van der Waals surface area contributed by atoms with Crippen molar-refractivity contribution >= 4 is 0 Å². The van der Waals surface area contributed by atoms with Crippen molar-refractivity contribution in [3.05, 3.63) is 0 Å². The molecule has 10 heavy (non-hydrogen) atoms. The molecule has 0 rings (SSSR count). The molecule has 0 aromatic heterocycles. The van der Waals surface area contributed by atoms with Crippen molar-refractivity contribution in [3.63, 3.8) is 0 Å². The van der Waals surface area contributed by atoms with Gasteiger partial charge in [0.2, 0.25) is 0 Å². The Bertz CT molecular complexity index is 49.2. The molecule has 1 nitrogen and oxygen atoms in total. The molecule has 0 atom stereocenters. The zero-order valence-electron chi connectivity index (χ0n) is 7.12. The first kappa shape index (κ1) is 10.7. The molecule has 0 bridgehead atoms. The van der Waals surface area contributed by atoms with Crippen LogP contribution in [0.15, 0.2) is 0 Å². The van der Waals surface area contributed by atoms with Gasteiger partial charge in [0, 0.05) is 0 Å². The van der Waals surface area contributed by atoms with E-state index in [0.29, 0.717) is 21.5 Å². The molecule has 0 aromatic rings. The number of rotatable bonds is 7. The summed E-state index contributed by atoms with van der Waals surface area (Å²) in [5, 5.41) is 0. The molecule has 0 unspecified atom stereocenters. The second-order valence-corrected chi connectivity index (χ2v) is 4.97. The molecule has 0 fully saturated rings. The quantitative estimate of drug-likeness (QED) is 0.272. The Morgan fingerprint density at radius 3 is 2.50 bits per heavy atom. The van der Waals surface area contributed by atoms with Crippen LogP contribution >= 0.6 is 0 Å². The Morgan fingerprint density at radius 2 is 1.90 bits per heavy atom. The number of nitrogens with one attached hydrogen (secondary N) is 1. The molecule has 0 heterocycles. The summed E-state index contributed by atoms with van der Waals surface area (Å²) in [6, 6.07) is 0. The van der Waals surface area contributed by atoms with Gasteiger partial charge in [0.05, 0.1) is 0 Å². The number of alkyl halides is 1. The van der Waals surface area contributed by atoms with Gasteiger partial charge in [-0.1, -0.05) is 0 Å². The van der Waals surface area contributed by atoms with E-state index in [2.05, 4.69) is 17.4 Å². The summed E-state index contributed by atoms with van der Waals surface area (Å²) in [7, 11) is 0. The van der Waals surface area contributed by atoms with E-state index in [1.807, 2.05) is 0 Å². The summed E-state index contributed by atoms with van der Waals surface area (Å²) >= 11 is 0.357. The summed E-state index contributed by atoms with van der Waals surface area (Å²) in [5.74, 6) is 0. The van der Waals surface area contributed by atoms with Gasteiger partial charge < -0.3 is 0 Å². The monoisotopic (exact) mass is 256 g/mol. The molecule has 0 aliphatic rings. The fourth-order valence-electron chi connectivity index (χ4n) is 0.749. The van der Waals surface area contributed by atoms with E-state index in [4.69, 9.17) is 0 Å². The van der Waals surface area contributed by atoms with Crippen molar-refractivity contribution in [2.45, 2.75) is 39.5 Å². The number of hydrogen-bond donors (Lipinski definition) is 1. The van der Waals surface area contributed by atoms with E-state index in [1.165, 1.54) is 36.7 Å². The second-order valence-electron chi connectivity index (χ2n) is 2.37. The molecule has 0 spiro atoms. The molecule has 0 aliphatic heterocycles. The van der Waals surface area contributed by atoms with Crippen molar-refractivity contribution in [2.24, 2.45) is 0 Å². The van der Waals surface area contributed by atoms with Gasteiger partial charge in [0.15, 0.2) is 0 Å². The zero-order chi connectivity index (χ0) is 7.66. The van der Waals surface area contributed by atoms with E-state index < -0.39 is 0 Å². The van der Waals surface area contributed by atoms with Crippen molar-refractivity contribution in [1.82, 2.24) is 3.53 Å². The van der Waals surface area contributed by atoms with Crippen LogP contribution in [0.4, 0.5) is 0 Å². The normalized spacial score (nSPS) is 10.6. The molecule has 2 heteroatoms. The van der Waals surface area contributed by atoms with Crippen LogP contribution in [0, 0.1) is 0 Å². The van der Waals surface area contributed by atoms with Gasteiger partial charge in [-0.05, 0) is 0 Å². The van der Waals surface area contributed by atoms with E-state index in [0.717, 1.165) is 0 Å². The fourth-order valence-corrected chi connectivity index (χ4v) is 2.59. The van der Waals surface area contributed by atoms with Crippen molar-refractivity contribution in [1.29, 1.82) is 0 Å². The van der Waals surface area contributed by atoms with Gasteiger partial charge in [-0.25, -0.2) is 0 Å². The molecule has 0 saturated heterocycles. The minimum absolute atomic E-state index is 0.357. The fraction of sp³-hybridized carbons (Fsp3) is 1.00. The molecule has 0 amide bonds. The first-order valence-electron chi connectivity index (χ1n) is 4.22. The average Bonchev–Trinajstić information content (AvgIpc) is 1.97. The standard InChI is InChI=1S/C8H19IN/c1-3-5-6-7-8-9-10-4-2/h10H,3-8H2,1-2H3/q-1. The van der Waals surface area contributed by atoms with Crippen LogP contribution in [-0.2, 0) is 0 Å². The van der Waals surface area contributed by atoms with E-state index in [9.17, 15) is 0 Å².